The minimum Gasteiger partial charge on any atom is -0.497 e. The molecule has 0 saturated carbocycles. The molecule has 1 aromatic heterocycles. The van der Waals surface area contributed by atoms with Crippen molar-refractivity contribution in [2.75, 3.05) is 20.8 Å². The Bertz CT molecular complexity index is 977. The molecule has 1 N–H and O–H groups in total. The first-order chi connectivity index (χ1) is 13.3. The van der Waals surface area contributed by atoms with Crippen molar-refractivity contribution in [3.05, 3.63) is 53.9 Å². The number of carbonyl (C=O) groups excluding carboxylic acids is 1. The summed E-state index contributed by atoms with van der Waals surface area (Å²) in [4.78, 5) is 16.1. The van der Waals surface area contributed by atoms with Gasteiger partial charge in [-0.3, -0.25) is 4.79 Å². The van der Waals surface area contributed by atoms with Gasteiger partial charge >= 0.3 is 6.18 Å². The van der Waals surface area contributed by atoms with Crippen molar-refractivity contribution < 1.29 is 27.4 Å². The maximum atomic E-state index is 13.3. The average molecular weight is 393 g/mol. The normalized spacial score (nSPS) is 11.5. The topological polar surface area (TPSA) is 65.4 Å². The molecule has 0 bridgehead atoms. The molecule has 0 unspecified atom stereocenters. The summed E-state index contributed by atoms with van der Waals surface area (Å²) in [5.41, 5.74) is 0.883. The summed E-state index contributed by atoms with van der Waals surface area (Å²) >= 11 is 0. The molecule has 2 aromatic carbocycles. The van der Waals surface area contributed by atoms with Gasteiger partial charge in [0, 0.05) is 24.7 Å². The number of amides is 1. The van der Waals surface area contributed by atoms with Crippen LogP contribution in [0.3, 0.4) is 0 Å². The summed E-state index contributed by atoms with van der Waals surface area (Å²) < 4.78 is 51.2. The van der Waals surface area contributed by atoms with Crippen molar-refractivity contribution in [2.45, 2.75) is 12.7 Å². The number of hydrogen-bond donors (Lipinski definition) is 1. The monoisotopic (exact) mass is 393 g/mol. The number of nitrogens with one attached hydrogen (secondary N) is 1. The van der Waals surface area contributed by atoms with Gasteiger partial charge in [0.1, 0.15) is 11.5 Å². The molecular weight excluding hydrogens is 375 g/mol. The zero-order valence-electron chi connectivity index (χ0n) is 15.2. The van der Waals surface area contributed by atoms with Crippen LogP contribution in [-0.2, 0) is 12.7 Å². The molecule has 9 heteroatoms. The third-order valence-electron chi connectivity index (χ3n) is 4.14. The number of nitrogens with zero attached hydrogens (tertiary/aromatic N) is 2. The Labute approximate surface area is 158 Å². The molecule has 148 valence electrons. The maximum Gasteiger partial charge on any atom is 0.449 e. The number of alkyl halides is 3. The second-order valence-electron chi connectivity index (χ2n) is 5.93. The van der Waals surface area contributed by atoms with Gasteiger partial charge in [-0.25, -0.2) is 4.98 Å². The van der Waals surface area contributed by atoms with Crippen LogP contribution in [0.1, 0.15) is 16.2 Å². The van der Waals surface area contributed by atoms with E-state index in [2.05, 4.69) is 10.3 Å². The predicted molar refractivity (Wildman–Crippen MR) is 96.6 cm³/mol. The SMILES string of the molecule is COc1cc(OC)cc(C(=O)NCCn2c(C(F)(F)F)nc3ccccc32)c1. The van der Waals surface area contributed by atoms with E-state index in [1.165, 1.54) is 32.4 Å². The van der Waals surface area contributed by atoms with Crippen LogP contribution in [0.25, 0.3) is 11.0 Å². The van der Waals surface area contributed by atoms with Gasteiger partial charge in [-0.2, -0.15) is 13.2 Å². The van der Waals surface area contributed by atoms with Gasteiger partial charge in [0.05, 0.1) is 25.3 Å². The van der Waals surface area contributed by atoms with E-state index in [0.717, 1.165) is 4.57 Å². The van der Waals surface area contributed by atoms with Gasteiger partial charge in [0.2, 0.25) is 5.82 Å². The smallest absolute Gasteiger partial charge is 0.449 e. The number of methoxy groups -OCH3 is 2. The first kappa shape index (κ1) is 19.5. The van der Waals surface area contributed by atoms with Gasteiger partial charge < -0.3 is 19.4 Å². The second kappa shape index (κ2) is 7.79. The summed E-state index contributed by atoms with van der Waals surface area (Å²) in [5.74, 6) is -0.574. The summed E-state index contributed by atoms with van der Waals surface area (Å²) in [7, 11) is 2.92. The zero-order valence-corrected chi connectivity index (χ0v) is 15.2. The van der Waals surface area contributed by atoms with Gasteiger partial charge in [-0.05, 0) is 24.3 Å². The average Bonchev–Trinajstić information content (AvgIpc) is 3.06. The second-order valence-corrected chi connectivity index (χ2v) is 5.93. The van der Waals surface area contributed by atoms with Gasteiger partial charge in [-0.1, -0.05) is 12.1 Å². The van der Waals surface area contributed by atoms with Crippen LogP contribution in [0.5, 0.6) is 11.5 Å². The lowest BCUT2D eigenvalue weighted by atomic mass is 10.2. The molecule has 3 aromatic rings. The van der Waals surface area contributed by atoms with Crippen molar-refractivity contribution in [3.63, 3.8) is 0 Å². The van der Waals surface area contributed by atoms with Crippen LogP contribution in [0, 0.1) is 0 Å². The first-order valence-electron chi connectivity index (χ1n) is 8.37. The summed E-state index contributed by atoms with van der Waals surface area (Å²) in [6, 6.07) is 11.0. The Hall–Kier alpha value is -3.23. The molecule has 0 saturated heterocycles. The maximum absolute atomic E-state index is 13.3. The van der Waals surface area contributed by atoms with E-state index in [4.69, 9.17) is 9.47 Å². The van der Waals surface area contributed by atoms with Crippen molar-refractivity contribution >= 4 is 16.9 Å². The Morgan fingerprint density at radius 2 is 1.75 bits per heavy atom. The lowest BCUT2D eigenvalue weighted by Crippen LogP contribution is -2.28. The van der Waals surface area contributed by atoms with Gasteiger partial charge in [0.15, 0.2) is 0 Å². The third kappa shape index (κ3) is 4.03. The van der Waals surface area contributed by atoms with Crippen LogP contribution < -0.4 is 14.8 Å². The minimum absolute atomic E-state index is 0.0121. The van der Waals surface area contributed by atoms with E-state index in [0.29, 0.717) is 17.0 Å². The van der Waals surface area contributed by atoms with E-state index < -0.39 is 17.9 Å². The molecule has 0 fully saturated rings. The largest absolute Gasteiger partial charge is 0.497 e. The van der Waals surface area contributed by atoms with Crippen molar-refractivity contribution in [3.8, 4) is 11.5 Å². The van der Waals surface area contributed by atoms with E-state index in [1.807, 2.05) is 0 Å². The van der Waals surface area contributed by atoms with Crippen LogP contribution >= 0.6 is 0 Å². The van der Waals surface area contributed by atoms with E-state index in [1.54, 1.807) is 24.3 Å². The number of ether oxygens (including phenoxy) is 2. The van der Waals surface area contributed by atoms with Crippen molar-refractivity contribution in [2.24, 2.45) is 0 Å². The lowest BCUT2D eigenvalue weighted by molar-refractivity contribution is -0.146. The number of para-hydroxylation sites is 2. The fourth-order valence-corrected chi connectivity index (χ4v) is 2.84. The highest BCUT2D eigenvalue weighted by molar-refractivity contribution is 5.95. The third-order valence-corrected chi connectivity index (χ3v) is 4.14. The van der Waals surface area contributed by atoms with Crippen LogP contribution in [0.4, 0.5) is 13.2 Å². The number of fused-ring (bicyclic) bond motifs is 1. The molecule has 28 heavy (non-hydrogen) atoms. The molecular formula is C19H18F3N3O3. The van der Waals surface area contributed by atoms with Crippen LogP contribution in [0.15, 0.2) is 42.5 Å². The minimum atomic E-state index is -4.59. The molecule has 0 aliphatic heterocycles. The highest BCUT2D eigenvalue weighted by atomic mass is 19.4. The first-order valence-corrected chi connectivity index (χ1v) is 8.37. The molecule has 1 heterocycles. The molecule has 3 rings (SSSR count). The Balaban J connectivity index is 1.78. The fraction of sp³-hybridized carbons (Fsp3) is 0.263. The van der Waals surface area contributed by atoms with E-state index in [9.17, 15) is 18.0 Å². The zero-order chi connectivity index (χ0) is 20.3. The highest BCUT2D eigenvalue weighted by Gasteiger charge is 2.37. The van der Waals surface area contributed by atoms with Crippen molar-refractivity contribution in [1.29, 1.82) is 0 Å². The molecule has 0 aliphatic rings. The fourth-order valence-electron chi connectivity index (χ4n) is 2.84. The van der Waals surface area contributed by atoms with E-state index >= 15 is 0 Å². The Morgan fingerprint density at radius 3 is 2.36 bits per heavy atom. The Morgan fingerprint density at radius 1 is 1.11 bits per heavy atom. The Kier molecular flexibility index (Phi) is 5.43. The number of aromatic nitrogens is 2. The standard InChI is InChI=1S/C19H18F3N3O3/c1-27-13-9-12(10-14(11-13)28-2)17(26)23-7-8-25-16-6-4-3-5-15(16)24-18(25)19(20,21)22/h3-6,9-11H,7-8H2,1-2H3,(H,23,26). The molecule has 0 spiro atoms. The van der Waals surface area contributed by atoms with Gasteiger partial charge in [0.25, 0.3) is 5.91 Å². The van der Waals surface area contributed by atoms with E-state index in [-0.39, 0.29) is 24.2 Å². The number of imidazole rings is 1. The number of benzene rings is 2. The van der Waals surface area contributed by atoms with Crippen LogP contribution in [-0.4, -0.2) is 36.2 Å². The highest BCUT2D eigenvalue weighted by Crippen LogP contribution is 2.31. The summed E-state index contributed by atoms with van der Waals surface area (Å²) in [6.45, 7) is -0.0933. The van der Waals surface area contributed by atoms with Crippen LogP contribution in [0.2, 0.25) is 0 Å². The molecule has 0 radical (unpaired) electrons. The molecule has 1 amide bonds. The predicted octanol–water partition coefficient (Wildman–Crippen LogP) is 3.50. The summed E-state index contributed by atoms with van der Waals surface area (Å²) in [5, 5.41) is 2.62. The molecule has 6 nitrogen and oxygen atoms in total. The summed E-state index contributed by atoms with van der Waals surface area (Å²) in [6.07, 6.45) is -4.59. The molecule has 0 atom stereocenters. The quantitative estimate of drug-likeness (QED) is 0.696. The molecule has 0 aliphatic carbocycles. The van der Waals surface area contributed by atoms with Crippen molar-refractivity contribution in [1.82, 2.24) is 14.9 Å². The van der Waals surface area contributed by atoms with Gasteiger partial charge in [-0.15, -0.1) is 0 Å². The number of halogens is 3. The number of carbonyl (C=O) groups is 1. The number of rotatable bonds is 6. The lowest BCUT2D eigenvalue weighted by Gasteiger charge is -2.13. The number of hydrogen-bond acceptors (Lipinski definition) is 4.